The zero-order valence-corrected chi connectivity index (χ0v) is 14.5. The van der Waals surface area contributed by atoms with Crippen molar-refractivity contribution >= 4 is 17.5 Å². The minimum Gasteiger partial charge on any atom is -0.396 e. The number of hydrogen-bond donors (Lipinski definition) is 3. The van der Waals surface area contributed by atoms with Crippen LogP contribution in [0.1, 0.15) is 57.4 Å². The number of aliphatic hydroxyl groups is 1. The average Bonchev–Trinajstić information content (AvgIpc) is 2.80. The van der Waals surface area contributed by atoms with Gasteiger partial charge in [-0.1, -0.05) is 45.2 Å². The molecule has 2 atom stereocenters. The lowest BCUT2D eigenvalue weighted by molar-refractivity contribution is -0.137. The van der Waals surface area contributed by atoms with Crippen molar-refractivity contribution < 1.29 is 14.7 Å². The van der Waals surface area contributed by atoms with E-state index in [9.17, 15) is 14.7 Å². The third-order valence-electron chi connectivity index (χ3n) is 4.75. The molecule has 1 aromatic rings. The van der Waals surface area contributed by atoms with Crippen molar-refractivity contribution in [2.45, 2.75) is 57.9 Å². The van der Waals surface area contributed by atoms with Gasteiger partial charge in [-0.05, 0) is 36.5 Å². The van der Waals surface area contributed by atoms with Gasteiger partial charge in [0.25, 0.3) is 0 Å². The first-order valence-electron chi connectivity index (χ1n) is 8.84. The van der Waals surface area contributed by atoms with E-state index in [0.717, 1.165) is 32.1 Å². The zero-order valence-electron chi connectivity index (χ0n) is 14.5. The van der Waals surface area contributed by atoms with Crippen LogP contribution in [0.2, 0.25) is 0 Å². The summed E-state index contributed by atoms with van der Waals surface area (Å²) in [6, 6.07) is 7.39. The molecule has 132 valence electrons. The standard InChI is InChI=1S/C19H28N2O3/c1-13(2)14-8-10-16(11-9-14)20-18(23)19(24)21-17-7-5-3-4-6-15(17)12-22/h8-11,13,15,17,22H,3-7,12H2,1-2H3,(H,20,23)(H,21,24). The van der Waals surface area contributed by atoms with E-state index in [0.29, 0.717) is 11.6 Å². The Morgan fingerprint density at radius 3 is 2.38 bits per heavy atom. The molecule has 1 aromatic carbocycles. The molecule has 1 fully saturated rings. The molecule has 1 saturated carbocycles. The number of amides is 2. The molecule has 0 aliphatic heterocycles. The number of nitrogens with one attached hydrogen (secondary N) is 2. The molecule has 2 rings (SSSR count). The molecule has 0 saturated heterocycles. The first-order valence-corrected chi connectivity index (χ1v) is 8.84. The summed E-state index contributed by atoms with van der Waals surface area (Å²) in [7, 11) is 0. The van der Waals surface area contributed by atoms with E-state index in [-0.39, 0.29) is 18.6 Å². The summed E-state index contributed by atoms with van der Waals surface area (Å²) in [6.07, 6.45) is 4.88. The molecule has 24 heavy (non-hydrogen) atoms. The average molecular weight is 332 g/mol. The van der Waals surface area contributed by atoms with Crippen LogP contribution in [0.15, 0.2) is 24.3 Å². The molecule has 0 bridgehead atoms. The Kier molecular flexibility index (Phi) is 6.79. The fraction of sp³-hybridized carbons (Fsp3) is 0.579. The molecule has 0 aromatic heterocycles. The van der Waals surface area contributed by atoms with Crippen molar-refractivity contribution in [3.63, 3.8) is 0 Å². The fourth-order valence-corrected chi connectivity index (χ4v) is 3.17. The molecule has 1 aliphatic rings. The van der Waals surface area contributed by atoms with Gasteiger partial charge in [0.15, 0.2) is 0 Å². The van der Waals surface area contributed by atoms with Gasteiger partial charge in [-0.2, -0.15) is 0 Å². The van der Waals surface area contributed by atoms with Gasteiger partial charge >= 0.3 is 11.8 Å². The second-order valence-electron chi connectivity index (χ2n) is 6.89. The van der Waals surface area contributed by atoms with Crippen LogP contribution in [0.4, 0.5) is 5.69 Å². The summed E-state index contributed by atoms with van der Waals surface area (Å²) in [5.41, 5.74) is 1.79. The number of carbonyl (C=O) groups is 2. The molecule has 0 radical (unpaired) electrons. The molecule has 2 amide bonds. The van der Waals surface area contributed by atoms with Gasteiger partial charge in [0.05, 0.1) is 0 Å². The number of rotatable bonds is 4. The minimum absolute atomic E-state index is 0.0366. The second kappa shape index (κ2) is 8.83. The molecule has 5 heteroatoms. The van der Waals surface area contributed by atoms with Crippen LogP contribution in [0, 0.1) is 5.92 Å². The van der Waals surface area contributed by atoms with Crippen LogP contribution in [0.5, 0.6) is 0 Å². The summed E-state index contributed by atoms with van der Waals surface area (Å²) < 4.78 is 0. The van der Waals surface area contributed by atoms with E-state index < -0.39 is 11.8 Å². The van der Waals surface area contributed by atoms with Crippen molar-refractivity contribution in [2.75, 3.05) is 11.9 Å². The first-order chi connectivity index (χ1) is 11.5. The van der Waals surface area contributed by atoms with Gasteiger partial charge in [0, 0.05) is 24.3 Å². The van der Waals surface area contributed by atoms with Gasteiger partial charge < -0.3 is 15.7 Å². The SMILES string of the molecule is CC(C)c1ccc(NC(=O)C(=O)NC2CCCCCC2CO)cc1. The van der Waals surface area contributed by atoms with Crippen LogP contribution in [-0.4, -0.2) is 29.6 Å². The Morgan fingerprint density at radius 2 is 1.75 bits per heavy atom. The lowest BCUT2D eigenvalue weighted by Gasteiger charge is -2.24. The van der Waals surface area contributed by atoms with E-state index in [1.807, 2.05) is 24.3 Å². The molecule has 2 unspecified atom stereocenters. The summed E-state index contributed by atoms with van der Waals surface area (Å²) in [5, 5.41) is 14.9. The number of benzene rings is 1. The van der Waals surface area contributed by atoms with Crippen LogP contribution in [0.25, 0.3) is 0 Å². The van der Waals surface area contributed by atoms with Gasteiger partial charge in [-0.15, -0.1) is 0 Å². The molecule has 1 aliphatic carbocycles. The van der Waals surface area contributed by atoms with Crippen LogP contribution < -0.4 is 10.6 Å². The Balaban J connectivity index is 1.92. The molecular formula is C19H28N2O3. The van der Waals surface area contributed by atoms with Crippen LogP contribution in [-0.2, 0) is 9.59 Å². The lowest BCUT2D eigenvalue weighted by atomic mass is 9.95. The topological polar surface area (TPSA) is 78.4 Å². The largest absolute Gasteiger partial charge is 0.396 e. The third kappa shape index (κ3) is 5.06. The lowest BCUT2D eigenvalue weighted by Crippen LogP contribution is -2.45. The highest BCUT2D eigenvalue weighted by Crippen LogP contribution is 2.23. The van der Waals surface area contributed by atoms with Gasteiger partial charge in [-0.25, -0.2) is 0 Å². The maximum atomic E-state index is 12.2. The van der Waals surface area contributed by atoms with Crippen molar-refractivity contribution in [1.82, 2.24) is 5.32 Å². The summed E-state index contributed by atoms with van der Waals surface area (Å²) in [6.45, 7) is 4.25. The Morgan fingerprint density at radius 1 is 1.08 bits per heavy atom. The van der Waals surface area contributed by atoms with Crippen LogP contribution in [0.3, 0.4) is 0 Å². The molecule has 5 nitrogen and oxygen atoms in total. The van der Waals surface area contributed by atoms with Crippen molar-refractivity contribution in [3.05, 3.63) is 29.8 Å². The Bertz CT molecular complexity index is 554. The minimum atomic E-state index is -0.659. The second-order valence-corrected chi connectivity index (χ2v) is 6.89. The Hall–Kier alpha value is -1.88. The third-order valence-corrected chi connectivity index (χ3v) is 4.75. The quantitative estimate of drug-likeness (QED) is 0.586. The van der Waals surface area contributed by atoms with Crippen molar-refractivity contribution in [1.29, 1.82) is 0 Å². The van der Waals surface area contributed by atoms with Gasteiger partial charge in [0.2, 0.25) is 0 Å². The fourth-order valence-electron chi connectivity index (χ4n) is 3.17. The van der Waals surface area contributed by atoms with Crippen molar-refractivity contribution in [3.8, 4) is 0 Å². The number of hydrogen-bond acceptors (Lipinski definition) is 3. The van der Waals surface area contributed by atoms with Crippen LogP contribution >= 0.6 is 0 Å². The summed E-state index contributed by atoms with van der Waals surface area (Å²) in [4.78, 5) is 24.3. The summed E-state index contributed by atoms with van der Waals surface area (Å²) >= 11 is 0. The number of anilines is 1. The first kappa shape index (κ1) is 18.5. The summed E-state index contributed by atoms with van der Waals surface area (Å²) in [5.74, 6) is -0.834. The molecule has 0 spiro atoms. The zero-order chi connectivity index (χ0) is 17.5. The smallest absolute Gasteiger partial charge is 0.313 e. The van der Waals surface area contributed by atoms with Crippen molar-refractivity contribution in [2.24, 2.45) is 5.92 Å². The normalized spacial score (nSPS) is 21.2. The maximum absolute atomic E-state index is 12.2. The highest BCUT2D eigenvalue weighted by molar-refractivity contribution is 6.39. The van der Waals surface area contributed by atoms with E-state index in [1.54, 1.807) is 0 Å². The highest BCUT2D eigenvalue weighted by Gasteiger charge is 2.26. The maximum Gasteiger partial charge on any atom is 0.313 e. The van der Waals surface area contributed by atoms with E-state index >= 15 is 0 Å². The van der Waals surface area contributed by atoms with Gasteiger partial charge in [-0.3, -0.25) is 9.59 Å². The predicted molar refractivity (Wildman–Crippen MR) is 94.8 cm³/mol. The molecular weight excluding hydrogens is 304 g/mol. The van der Waals surface area contributed by atoms with E-state index in [1.165, 1.54) is 5.56 Å². The monoisotopic (exact) mass is 332 g/mol. The van der Waals surface area contributed by atoms with E-state index in [2.05, 4.69) is 24.5 Å². The highest BCUT2D eigenvalue weighted by atomic mass is 16.3. The number of aliphatic hydroxyl groups excluding tert-OH is 1. The van der Waals surface area contributed by atoms with E-state index in [4.69, 9.17) is 0 Å². The Labute approximate surface area is 143 Å². The predicted octanol–water partition coefficient (Wildman–Crippen LogP) is 2.81. The van der Waals surface area contributed by atoms with Gasteiger partial charge in [0.1, 0.15) is 0 Å². The molecule has 3 N–H and O–H groups in total. The number of carbonyl (C=O) groups excluding carboxylic acids is 2. The molecule has 0 heterocycles.